The first-order chi connectivity index (χ1) is 9.08. The molecule has 0 bridgehead atoms. The fraction of sp³-hybridized carbons (Fsp3) is 0. The SMILES string of the molecule is Nc1ccc2c(=O)c3cccc(C(=O)O)c3[nH]c2c1. The topological polar surface area (TPSA) is 96.2 Å². The molecule has 5 heteroatoms. The lowest BCUT2D eigenvalue weighted by Crippen LogP contribution is -2.08. The predicted molar refractivity (Wildman–Crippen MR) is 73.4 cm³/mol. The van der Waals surface area contributed by atoms with Crippen LogP contribution in [-0.2, 0) is 0 Å². The van der Waals surface area contributed by atoms with Crippen molar-refractivity contribution in [3.8, 4) is 0 Å². The summed E-state index contributed by atoms with van der Waals surface area (Å²) in [5.41, 5.74) is 6.90. The van der Waals surface area contributed by atoms with Crippen molar-refractivity contribution in [1.82, 2.24) is 4.98 Å². The predicted octanol–water partition coefficient (Wildman–Crippen LogP) is 1.96. The number of carboxylic acids is 1. The molecule has 3 rings (SSSR count). The van der Waals surface area contributed by atoms with Gasteiger partial charge in [0.15, 0.2) is 5.43 Å². The highest BCUT2D eigenvalue weighted by atomic mass is 16.4. The van der Waals surface area contributed by atoms with E-state index in [1.807, 2.05) is 0 Å². The minimum atomic E-state index is -1.08. The Kier molecular flexibility index (Phi) is 2.28. The van der Waals surface area contributed by atoms with Crippen LogP contribution in [0.5, 0.6) is 0 Å². The lowest BCUT2D eigenvalue weighted by Gasteiger charge is -2.06. The Morgan fingerprint density at radius 1 is 1.16 bits per heavy atom. The average molecular weight is 254 g/mol. The van der Waals surface area contributed by atoms with Gasteiger partial charge >= 0.3 is 5.97 Å². The molecule has 19 heavy (non-hydrogen) atoms. The molecule has 2 aromatic carbocycles. The van der Waals surface area contributed by atoms with Gasteiger partial charge < -0.3 is 15.8 Å². The summed E-state index contributed by atoms with van der Waals surface area (Å²) in [4.78, 5) is 26.5. The lowest BCUT2D eigenvalue weighted by molar-refractivity contribution is 0.0699. The normalized spacial score (nSPS) is 10.9. The Morgan fingerprint density at radius 2 is 1.95 bits per heavy atom. The van der Waals surface area contributed by atoms with E-state index in [1.54, 1.807) is 30.3 Å². The van der Waals surface area contributed by atoms with Crippen molar-refractivity contribution in [3.63, 3.8) is 0 Å². The van der Waals surface area contributed by atoms with Gasteiger partial charge in [-0.05, 0) is 30.3 Å². The molecular formula is C14H10N2O3. The number of pyridine rings is 1. The van der Waals surface area contributed by atoms with Crippen molar-refractivity contribution in [2.24, 2.45) is 0 Å². The molecule has 0 aliphatic heterocycles. The molecule has 3 aromatic rings. The third-order valence-corrected chi connectivity index (χ3v) is 3.09. The standard InChI is InChI=1S/C14H10N2O3/c15-7-4-5-8-11(6-7)16-12-9(13(8)17)2-1-3-10(12)14(18)19/h1-6H,15H2,(H,16,17)(H,18,19). The number of aromatic nitrogens is 1. The van der Waals surface area contributed by atoms with Crippen molar-refractivity contribution < 1.29 is 9.90 Å². The summed E-state index contributed by atoms with van der Waals surface area (Å²) < 4.78 is 0. The fourth-order valence-corrected chi connectivity index (χ4v) is 2.20. The molecule has 0 saturated heterocycles. The number of aromatic amines is 1. The van der Waals surface area contributed by atoms with Gasteiger partial charge in [0, 0.05) is 16.5 Å². The second-order valence-electron chi connectivity index (χ2n) is 4.29. The Hall–Kier alpha value is -2.82. The number of carbonyl (C=O) groups is 1. The summed E-state index contributed by atoms with van der Waals surface area (Å²) in [6, 6.07) is 9.52. The van der Waals surface area contributed by atoms with Gasteiger partial charge in [-0.1, -0.05) is 6.07 Å². The van der Waals surface area contributed by atoms with Crippen molar-refractivity contribution in [3.05, 3.63) is 52.2 Å². The van der Waals surface area contributed by atoms with E-state index in [9.17, 15) is 9.59 Å². The highest BCUT2D eigenvalue weighted by Gasteiger charge is 2.12. The molecule has 0 fully saturated rings. The molecule has 5 nitrogen and oxygen atoms in total. The average Bonchev–Trinajstić information content (AvgIpc) is 2.37. The van der Waals surface area contributed by atoms with Crippen LogP contribution in [0.25, 0.3) is 21.8 Å². The van der Waals surface area contributed by atoms with Gasteiger partial charge in [-0.2, -0.15) is 0 Å². The molecule has 0 aliphatic carbocycles. The fourth-order valence-electron chi connectivity index (χ4n) is 2.20. The number of H-pyrrole nitrogens is 1. The molecule has 0 amide bonds. The number of nitrogens with two attached hydrogens (primary N) is 1. The van der Waals surface area contributed by atoms with Crippen molar-refractivity contribution >= 4 is 33.5 Å². The zero-order valence-electron chi connectivity index (χ0n) is 9.81. The molecule has 94 valence electrons. The van der Waals surface area contributed by atoms with Crippen molar-refractivity contribution in [1.29, 1.82) is 0 Å². The first-order valence-corrected chi connectivity index (χ1v) is 5.65. The monoisotopic (exact) mass is 254 g/mol. The number of anilines is 1. The highest BCUT2D eigenvalue weighted by Crippen LogP contribution is 2.19. The van der Waals surface area contributed by atoms with Crippen LogP contribution in [0.3, 0.4) is 0 Å². The Balaban J connectivity index is 2.58. The van der Waals surface area contributed by atoms with Gasteiger partial charge in [-0.25, -0.2) is 4.79 Å². The van der Waals surface area contributed by atoms with Crippen LogP contribution in [-0.4, -0.2) is 16.1 Å². The summed E-state index contributed by atoms with van der Waals surface area (Å²) in [7, 11) is 0. The number of nitrogen functional groups attached to an aromatic ring is 1. The smallest absolute Gasteiger partial charge is 0.337 e. The van der Waals surface area contributed by atoms with E-state index >= 15 is 0 Å². The van der Waals surface area contributed by atoms with Crippen LogP contribution >= 0.6 is 0 Å². The third kappa shape index (κ3) is 1.63. The molecule has 4 N–H and O–H groups in total. The first-order valence-electron chi connectivity index (χ1n) is 5.65. The summed E-state index contributed by atoms with van der Waals surface area (Å²) >= 11 is 0. The molecule has 0 unspecified atom stereocenters. The van der Waals surface area contributed by atoms with Crippen LogP contribution in [0.4, 0.5) is 5.69 Å². The zero-order valence-corrected chi connectivity index (χ0v) is 9.81. The molecule has 1 aromatic heterocycles. The van der Waals surface area contributed by atoms with Gasteiger partial charge in [-0.3, -0.25) is 4.79 Å². The van der Waals surface area contributed by atoms with E-state index in [0.717, 1.165) is 0 Å². The summed E-state index contributed by atoms with van der Waals surface area (Å²) in [5.74, 6) is -1.08. The van der Waals surface area contributed by atoms with E-state index in [-0.39, 0.29) is 11.0 Å². The lowest BCUT2D eigenvalue weighted by atomic mass is 10.1. The molecule has 1 heterocycles. The summed E-state index contributed by atoms with van der Waals surface area (Å²) in [5, 5.41) is 10.0. The quantitative estimate of drug-likeness (QED) is 0.457. The largest absolute Gasteiger partial charge is 0.478 e. The van der Waals surface area contributed by atoms with E-state index in [0.29, 0.717) is 27.5 Å². The van der Waals surface area contributed by atoms with Gasteiger partial charge in [0.05, 0.1) is 16.6 Å². The Morgan fingerprint density at radius 3 is 2.68 bits per heavy atom. The third-order valence-electron chi connectivity index (χ3n) is 3.09. The number of hydrogen-bond donors (Lipinski definition) is 3. The number of para-hydroxylation sites is 1. The molecule has 0 spiro atoms. The molecular weight excluding hydrogens is 244 g/mol. The van der Waals surface area contributed by atoms with Crippen molar-refractivity contribution in [2.45, 2.75) is 0 Å². The second-order valence-corrected chi connectivity index (χ2v) is 4.29. The van der Waals surface area contributed by atoms with Gasteiger partial charge in [0.2, 0.25) is 0 Å². The van der Waals surface area contributed by atoms with Gasteiger partial charge in [0.1, 0.15) is 0 Å². The molecule has 0 aliphatic rings. The van der Waals surface area contributed by atoms with Crippen LogP contribution in [0.15, 0.2) is 41.2 Å². The Bertz CT molecular complexity index is 881. The van der Waals surface area contributed by atoms with Crippen LogP contribution in [0, 0.1) is 0 Å². The van der Waals surface area contributed by atoms with Crippen molar-refractivity contribution in [2.75, 3.05) is 5.73 Å². The summed E-state index contributed by atoms with van der Waals surface area (Å²) in [6.07, 6.45) is 0. The molecule has 0 saturated carbocycles. The van der Waals surface area contributed by atoms with Crippen LogP contribution in [0.1, 0.15) is 10.4 Å². The minimum Gasteiger partial charge on any atom is -0.478 e. The Labute approximate surface area is 107 Å². The first kappa shape index (κ1) is 11.3. The zero-order chi connectivity index (χ0) is 13.6. The molecule has 0 atom stereocenters. The van der Waals surface area contributed by atoms with E-state index in [4.69, 9.17) is 10.8 Å². The maximum absolute atomic E-state index is 12.3. The number of rotatable bonds is 1. The minimum absolute atomic E-state index is 0.0684. The number of aromatic carboxylic acids is 1. The van der Waals surface area contributed by atoms with E-state index in [2.05, 4.69) is 4.98 Å². The number of carboxylic acid groups (broad SMARTS) is 1. The van der Waals surface area contributed by atoms with E-state index in [1.165, 1.54) is 6.07 Å². The number of fused-ring (bicyclic) bond motifs is 2. The summed E-state index contributed by atoms with van der Waals surface area (Å²) in [6.45, 7) is 0. The second kappa shape index (κ2) is 3.84. The highest BCUT2D eigenvalue weighted by molar-refractivity contribution is 6.04. The maximum Gasteiger partial charge on any atom is 0.337 e. The van der Waals surface area contributed by atoms with Crippen LogP contribution < -0.4 is 11.2 Å². The number of nitrogens with one attached hydrogen (secondary N) is 1. The number of benzene rings is 2. The van der Waals surface area contributed by atoms with Crippen LogP contribution in [0.2, 0.25) is 0 Å². The van der Waals surface area contributed by atoms with Gasteiger partial charge in [0.25, 0.3) is 0 Å². The van der Waals surface area contributed by atoms with E-state index < -0.39 is 5.97 Å². The number of hydrogen-bond acceptors (Lipinski definition) is 3. The molecule has 0 radical (unpaired) electrons. The maximum atomic E-state index is 12.3. The van der Waals surface area contributed by atoms with Gasteiger partial charge in [-0.15, -0.1) is 0 Å².